The zero-order chi connectivity index (χ0) is 28.9. The molecule has 0 unspecified atom stereocenters. The fourth-order valence-corrected chi connectivity index (χ4v) is 5.15. The van der Waals surface area contributed by atoms with Gasteiger partial charge >= 0.3 is 0 Å². The monoisotopic (exact) mass is 560 g/mol. The van der Waals surface area contributed by atoms with E-state index in [2.05, 4.69) is 22.1 Å². The van der Waals surface area contributed by atoms with Crippen LogP contribution in [0.5, 0.6) is 17.2 Å². The number of aliphatic hydroxyl groups excluding tert-OH is 1. The van der Waals surface area contributed by atoms with E-state index in [1.54, 1.807) is 41.6 Å². The third kappa shape index (κ3) is 6.78. The highest BCUT2D eigenvalue weighted by molar-refractivity contribution is 6.04. The van der Waals surface area contributed by atoms with Crippen LogP contribution in [-0.2, 0) is 17.8 Å². The average molecular weight is 561 g/mol. The summed E-state index contributed by atoms with van der Waals surface area (Å²) in [4.78, 5) is 34.1. The summed E-state index contributed by atoms with van der Waals surface area (Å²) in [6, 6.07) is 14.3. The van der Waals surface area contributed by atoms with Crippen LogP contribution < -0.4 is 19.5 Å². The first kappa shape index (κ1) is 28.4. The molecule has 10 nitrogen and oxygen atoms in total. The summed E-state index contributed by atoms with van der Waals surface area (Å²) in [5.74, 6) is 1.71. The van der Waals surface area contributed by atoms with Crippen molar-refractivity contribution < 1.29 is 28.9 Å². The highest BCUT2D eigenvalue weighted by atomic mass is 16.7. The second kappa shape index (κ2) is 12.6. The van der Waals surface area contributed by atoms with E-state index in [1.807, 2.05) is 38.2 Å². The molecule has 3 heterocycles. The maximum atomic E-state index is 13.5. The van der Waals surface area contributed by atoms with Crippen LogP contribution in [0.4, 0.5) is 5.69 Å². The fraction of sp³-hybridized carbons (Fsp3) is 0.387. The highest BCUT2D eigenvalue weighted by Crippen LogP contribution is 2.33. The van der Waals surface area contributed by atoms with E-state index in [-0.39, 0.29) is 49.7 Å². The van der Waals surface area contributed by atoms with Crippen molar-refractivity contribution in [3.63, 3.8) is 0 Å². The van der Waals surface area contributed by atoms with Gasteiger partial charge in [-0.25, -0.2) is 0 Å². The molecule has 2 N–H and O–H groups in total. The standard InChI is InChI=1S/C31H36N4O6/c1-20-15-35(21(2)18-36)30(37)14-24-13-25(33-31(38)23-8-10-32-11-9-23)5-7-26(24)41-29(20)17-34(3)16-22-4-6-27-28(12-22)40-19-39-27/h4-13,20-21,29,36H,14-19H2,1-3H3,(H,33,38)/t20-,21+,29+/m1/s1. The molecule has 2 amide bonds. The number of rotatable bonds is 8. The number of fused-ring (bicyclic) bond motifs is 2. The van der Waals surface area contributed by atoms with Gasteiger partial charge in [-0.2, -0.15) is 0 Å². The van der Waals surface area contributed by atoms with Crippen molar-refractivity contribution in [2.24, 2.45) is 5.92 Å². The molecule has 3 atom stereocenters. The SMILES string of the molecule is C[C@@H]1CN([C@@H](C)CO)C(=O)Cc2cc(NC(=O)c3ccncc3)ccc2O[C@H]1CN(C)Cc1ccc2c(c1)OCO2. The van der Waals surface area contributed by atoms with Gasteiger partial charge in [0.1, 0.15) is 11.9 Å². The molecular weight excluding hydrogens is 524 g/mol. The van der Waals surface area contributed by atoms with Gasteiger partial charge in [-0.15, -0.1) is 0 Å². The van der Waals surface area contributed by atoms with Gasteiger partial charge in [0.2, 0.25) is 12.7 Å². The van der Waals surface area contributed by atoms with Crippen LogP contribution in [-0.4, -0.2) is 77.4 Å². The number of aliphatic hydroxyl groups is 1. The van der Waals surface area contributed by atoms with Crippen molar-refractivity contribution in [1.29, 1.82) is 0 Å². The van der Waals surface area contributed by atoms with Crippen molar-refractivity contribution in [2.45, 2.75) is 39.0 Å². The molecule has 41 heavy (non-hydrogen) atoms. The topological polar surface area (TPSA) is 113 Å². The minimum atomic E-state index is -0.340. The summed E-state index contributed by atoms with van der Waals surface area (Å²) in [5, 5.41) is 12.8. The van der Waals surface area contributed by atoms with Crippen molar-refractivity contribution in [2.75, 3.05) is 38.9 Å². The molecule has 0 saturated carbocycles. The Morgan fingerprint density at radius 3 is 2.66 bits per heavy atom. The van der Waals surface area contributed by atoms with Gasteiger partial charge in [-0.3, -0.25) is 19.5 Å². The normalized spacial score (nSPS) is 19.0. The minimum Gasteiger partial charge on any atom is -0.488 e. The zero-order valence-corrected chi connectivity index (χ0v) is 23.6. The molecule has 0 bridgehead atoms. The largest absolute Gasteiger partial charge is 0.488 e. The molecule has 1 aromatic heterocycles. The van der Waals surface area contributed by atoms with Crippen molar-refractivity contribution in [3.8, 4) is 17.2 Å². The fourth-order valence-electron chi connectivity index (χ4n) is 5.15. The van der Waals surface area contributed by atoms with Crippen LogP contribution in [0.15, 0.2) is 60.9 Å². The van der Waals surface area contributed by atoms with Crippen LogP contribution in [0.1, 0.15) is 35.3 Å². The number of carbonyl (C=O) groups excluding carboxylic acids is 2. The second-order valence-corrected chi connectivity index (χ2v) is 10.8. The van der Waals surface area contributed by atoms with Crippen molar-refractivity contribution in [3.05, 3.63) is 77.6 Å². The molecule has 216 valence electrons. The van der Waals surface area contributed by atoms with E-state index in [9.17, 15) is 14.7 Å². The number of aromatic nitrogens is 1. The van der Waals surface area contributed by atoms with E-state index in [0.29, 0.717) is 42.2 Å². The molecule has 0 saturated heterocycles. The quantitative estimate of drug-likeness (QED) is 0.431. The van der Waals surface area contributed by atoms with Crippen LogP contribution in [0.2, 0.25) is 0 Å². The van der Waals surface area contributed by atoms with E-state index in [0.717, 1.165) is 17.1 Å². The number of hydrogen-bond donors (Lipinski definition) is 2. The van der Waals surface area contributed by atoms with E-state index >= 15 is 0 Å². The first-order valence-electron chi connectivity index (χ1n) is 13.8. The van der Waals surface area contributed by atoms with Crippen molar-refractivity contribution >= 4 is 17.5 Å². The smallest absolute Gasteiger partial charge is 0.255 e. The van der Waals surface area contributed by atoms with Crippen molar-refractivity contribution in [1.82, 2.24) is 14.8 Å². The summed E-state index contributed by atoms with van der Waals surface area (Å²) < 4.78 is 17.6. The number of pyridine rings is 1. The summed E-state index contributed by atoms with van der Waals surface area (Å²) >= 11 is 0. The van der Waals surface area contributed by atoms with Gasteiger partial charge in [0.25, 0.3) is 5.91 Å². The van der Waals surface area contributed by atoms with Gasteiger partial charge in [-0.1, -0.05) is 13.0 Å². The molecule has 0 radical (unpaired) electrons. The molecule has 2 aromatic carbocycles. The predicted octanol–water partition coefficient (Wildman–Crippen LogP) is 3.34. The Labute approximate surface area is 239 Å². The van der Waals surface area contributed by atoms with Crippen LogP contribution in [0, 0.1) is 5.92 Å². The van der Waals surface area contributed by atoms with Crippen LogP contribution >= 0.6 is 0 Å². The van der Waals surface area contributed by atoms with Crippen LogP contribution in [0.3, 0.4) is 0 Å². The van der Waals surface area contributed by atoms with Gasteiger partial charge < -0.3 is 29.5 Å². The molecular formula is C31H36N4O6. The average Bonchev–Trinajstić information content (AvgIpc) is 3.45. The molecule has 5 rings (SSSR count). The van der Waals surface area contributed by atoms with Crippen LogP contribution in [0.25, 0.3) is 0 Å². The van der Waals surface area contributed by atoms with Gasteiger partial charge in [0.05, 0.1) is 19.1 Å². The van der Waals surface area contributed by atoms with Gasteiger partial charge in [0, 0.05) is 54.8 Å². The molecule has 0 spiro atoms. The zero-order valence-electron chi connectivity index (χ0n) is 23.6. The Balaban J connectivity index is 1.38. The maximum Gasteiger partial charge on any atom is 0.255 e. The lowest BCUT2D eigenvalue weighted by Gasteiger charge is -2.34. The van der Waals surface area contributed by atoms with E-state index < -0.39 is 0 Å². The molecule has 0 fully saturated rings. The number of hydrogen-bond acceptors (Lipinski definition) is 8. The first-order chi connectivity index (χ1) is 19.8. The highest BCUT2D eigenvalue weighted by Gasteiger charge is 2.31. The van der Waals surface area contributed by atoms with E-state index in [1.165, 1.54) is 0 Å². The Kier molecular flexibility index (Phi) is 8.70. The number of ether oxygens (including phenoxy) is 3. The Bertz CT molecular complexity index is 1380. The molecule has 2 aliphatic rings. The summed E-state index contributed by atoms with van der Waals surface area (Å²) in [5.41, 5.74) is 2.81. The molecule has 3 aromatic rings. The molecule has 0 aliphatic carbocycles. The van der Waals surface area contributed by atoms with Gasteiger partial charge in [0.15, 0.2) is 11.5 Å². The maximum absolute atomic E-state index is 13.5. The number of likely N-dealkylation sites (N-methyl/N-ethyl adjacent to an activating group) is 1. The number of benzene rings is 2. The lowest BCUT2D eigenvalue weighted by molar-refractivity contribution is -0.134. The Morgan fingerprint density at radius 2 is 1.88 bits per heavy atom. The number of amides is 2. The lowest BCUT2D eigenvalue weighted by atomic mass is 10.0. The number of nitrogens with one attached hydrogen (secondary N) is 1. The Morgan fingerprint density at radius 1 is 1.12 bits per heavy atom. The lowest BCUT2D eigenvalue weighted by Crippen LogP contribution is -2.47. The third-order valence-corrected chi connectivity index (χ3v) is 7.50. The van der Waals surface area contributed by atoms with E-state index in [4.69, 9.17) is 14.2 Å². The Hall–Kier alpha value is -4.15. The summed E-state index contributed by atoms with van der Waals surface area (Å²) in [6.45, 7) is 5.73. The predicted molar refractivity (Wildman–Crippen MR) is 153 cm³/mol. The summed E-state index contributed by atoms with van der Waals surface area (Å²) in [7, 11) is 2.03. The molecule has 2 aliphatic heterocycles. The number of nitrogens with zero attached hydrogens (tertiary/aromatic N) is 3. The minimum absolute atomic E-state index is 0.0239. The molecule has 10 heteroatoms. The van der Waals surface area contributed by atoms with Gasteiger partial charge in [-0.05, 0) is 62.0 Å². The first-order valence-corrected chi connectivity index (χ1v) is 13.8. The number of carbonyl (C=O) groups is 2. The number of anilines is 1. The second-order valence-electron chi connectivity index (χ2n) is 10.8. The summed E-state index contributed by atoms with van der Waals surface area (Å²) in [6.07, 6.45) is 2.97. The third-order valence-electron chi connectivity index (χ3n) is 7.50.